The van der Waals surface area contributed by atoms with Gasteiger partial charge in [0.25, 0.3) is 0 Å². The van der Waals surface area contributed by atoms with E-state index in [0.29, 0.717) is 6.54 Å². The van der Waals surface area contributed by atoms with Crippen molar-refractivity contribution >= 4 is 11.0 Å². The quantitative estimate of drug-likeness (QED) is 0.855. The van der Waals surface area contributed by atoms with E-state index in [4.69, 9.17) is 10.2 Å². The summed E-state index contributed by atoms with van der Waals surface area (Å²) in [5.74, 6) is 1.14. The molecule has 17 heavy (non-hydrogen) atoms. The van der Waals surface area contributed by atoms with E-state index < -0.39 is 0 Å². The summed E-state index contributed by atoms with van der Waals surface area (Å²) in [6, 6.07) is 8.28. The van der Waals surface area contributed by atoms with Crippen LogP contribution in [0.5, 0.6) is 0 Å². The Labute approximate surface area is 102 Å². The van der Waals surface area contributed by atoms with E-state index in [1.807, 2.05) is 12.1 Å². The molecule has 1 aromatic heterocycles. The number of furan rings is 1. The van der Waals surface area contributed by atoms with E-state index in [9.17, 15) is 0 Å². The molecule has 1 saturated carbocycles. The molecule has 0 aliphatic heterocycles. The Morgan fingerprint density at radius 1 is 1.24 bits per heavy atom. The molecule has 1 heterocycles. The monoisotopic (exact) mass is 229 g/mol. The van der Waals surface area contributed by atoms with Crippen molar-refractivity contribution in [1.29, 1.82) is 0 Å². The highest BCUT2D eigenvalue weighted by Crippen LogP contribution is 2.44. The van der Waals surface area contributed by atoms with Crippen LogP contribution in [0.1, 0.15) is 37.0 Å². The Bertz CT molecular complexity index is 535. The molecule has 0 bridgehead atoms. The fourth-order valence-corrected chi connectivity index (χ4v) is 3.26. The third-order valence-electron chi connectivity index (χ3n) is 4.28. The van der Waals surface area contributed by atoms with Gasteiger partial charge in [-0.1, -0.05) is 31.0 Å². The Kier molecular flexibility index (Phi) is 2.48. The maximum atomic E-state index is 6.10. The number of nitrogens with two attached hydrogens (primary N) is 1. The van der Waals surface area contributed by atoms with Crippen LogP contribution in [-0.4, -0.2) is 6.54 Å². The van der Waals surface area contributed by atoms with E-state index >= 15 is 0 Å². The highest BCUT2D eigenvalue weighted by atomic mass is 16.3. The Hall–Kier alpha value is -1.28. The summed E-state index contributed by atoms with van der Waals surface area (Å²) in [6.45, 7) is 2.87. The summed E-state index contributed by atoms with van der Waals surface area (Å²) in [4.78, 5) is 0. The third-order valence-corrected chi connectivity index (χ3v) is 4.28. The first kappa shape index (κ1) is 10.8. The van der Waals surface area contributed by atoms with Gasteiger partial charge in [0.1, 0.15) is 11.3 Å². The average Bonchev–Trinajstić information content (AvgIpc) is 2.96. The van der Waals surface area contributed by atoms with Crippen LogP contribution in [0.25, 0.3) is 11.0 Å². The van der Waals surface area contributed by atoms with Gasteiger partial charge >= 0.3 is 0 Å². The molecule has 2 aromatic rings. The number of rotatable bonds is 2. The van der Waals surface area contributed by atoms with E-state index in [0.717, 1.165) is 11.3 Å². The standard InChI is InChI=1S/C15H19NO/c1-11-12-6-2-3-7-13(12)17-14(11)15(10-16)8-4-5-9-15/h2-3,6-7H,4-5,8-10,16H2,1H3. The van der Waals surface area contributed by atoms with Crippen LogP contribution in [0.3, 0.4) is 0 Å². The molecule has 2 nitrogen and oxygen atoms in total. The molecule has 1 aromatic carbocycles. The van der Waals surface area contributed by atoms with Crippen LogP contribution < -0.4 is 5.73 Å². The van der Waals surface area contributed by atoms with Gasteiger partial charge in [0.15, 0.2) is 0 Å². The highest BCUT2D eigenvalue weighted by Gasteiger charge is 2.38. The van der Waals surface area contributed by atoms with E-state index in [2.05, 4.69) is 19.1 Å². The zero-order valence-electron chi connectivity index (χ0n) is 10.3. The van der Waals surface area contributed by atoms with Crippen LogP contribution >= 0.6 is 0 Å². The smallest absolute Gasteiger partial charge is 0.134 e. The number of hydrogen-bond acceptors (Lipinski definition) is 2. The van der Waals surface area contributed by atoms with Gasteiger partial charge in [-0.05, 0) is 31.4 Å². The predicted molar refractivity (Wildman–Crippen MR) is 70.2 cm³/mol. The van der Waals surface area contributed by atoms with Crippen molar-refractivity contribution in [2.24, 2.45) is 5.73 Å². The van der Waals surface area contributed by atoms with Gasteiger partial charge in [0.2, 0.25) is 0 Å². The fraction of sp³-hybridized carbons (Fsp3) is 0.467. The lowest BCUT2D eigenvalue weighted by molar-refractivity contribution is 0.357. The molecule has 0 unspecified atom stereocenters. The van der Waals surface area contributed by atoms with Gasteiger partial charge < -0.3 is 10.2 Å². The number of benzene rings is 1. The lowest BCUT2D eigenvalue weighted by Crippen LogP contribution is -2.32. The van der Waals surface area contributed by atoms with Crippen molar-refractivity contribution in [3.63, 3.8) is 0 Å². The normalized spacial score (nSPS) is 18.9. The molecule has 90 valence electrons. The summed E-state index contributed by atoms with van der Waals surface area (Å²) < 4.78 is 6.10. The van der Waals surface area contributed by atoms with E-state index in [1.165, 1.54) is 36.6 Å². The second-order valence-electron chi connectivity index (χ2n) is 5.24. The van der Waals surface area contributed by atoms with Crippen molar-refractivity contribution in [3.05, 3.63) is 35.6 Å². The SMILES string of the molecule is Cc1c(C2(CN)CCCC2)oc2ccccc12. The fourth-order valence-electron chi connectivity index (χ4n) is 3.26. The van der Waals surface area contributed by atoms with Gasteiger partial charge in [-0.3, -0.25) is 0 Å². The van der Waals surface area contributed by atoms with Crippen LogP contribution in [0.4, 0.5) is 0 Å². The number of aryl methyl sites for hydroxylation is 1. The Morgan fingerprint density at radius 3 is 2.59 bits per heavy atom. The molecule has 2 heteroatoms. The maximum Gasteiger partial charge on any atom is 0.134 e. The van der Waals surface area contributed by atoms with Gasteiger partial charge in [0, 0.05) is 17.3 Å². The van der Waals surface area contributed by atoms with Crippen LogP contribution in [0.2, 0.25) is 0 Å². The van der Waals surface area contributed by atoms with E-state index in [1.54, 1.807) is 0 Å². The number of fused-ring (bicyclic) bond motifs is 1. The second kappa shape index (κ2) is 3.88. The first-order valence-corrected chi connectivity index (χ1v) is 6.45. The van der Waals surface area contributed by atoms with Gasteiger partial charge in [-0.15, -0.1) is 0 Å². The molecule has 1 aliphatic carbocycles. The lowest BCUT2D eigenvalue weighted by Gasteiger charge is -2.25. The minimum atomic E-state index is 0.100. The van der Waals surface area contributed by atoms with Crippen molar-refractivity contribution in [3.8, 4) is 0 Å². The molecule has 1 aliphatic rings. The highest BCUT2D eigenvalue weighted by molar-refractivity contribution is 5.82. The maximum absolute atomic E-state index is 6.10. The van der Waals surface area contributed by atoms with Crippen molar-refractivity contribution in [2.75, 3.05) is 6.54 Å². The third kappa shape index (κ3) is 1.51. The molecule has 0 atom stereocenters. The van der Waals surface area contributed by atoms with Gasteiger partial charge in [-0.25, -0.2) is 0 Å². The number of hydrogen-bond donors (Lipinski definition) is 1. The lowest BCUT2D eigenvalue weighted by atomic mass is 9.81. The Balaban J connectivity index is 2.19. The topological polar surface area (TPSA) is 39.2 Å². The zero-order valence-corrected chi connectivity index (χ0v) is 10.3. The molecule has 0 amide bonds. The summed E-state index contributed by atoms with van der Waals surface area (Å²) in [7, 11) is 0. The van der Waals surface area contributed by atoms with Crippen LogP contribution in [0, 0.1) is 6.92 Å². The predicted octanol–water partition coefficient (Wildman–Crippen LogP) is 3.51. The first-order valence-electron chi connectivity index (χ1n) is 6.45. The molecular formula is C15H19NO. The molecule has 1 fully saturated rings. The molecule has 0 spiro atoms. The largest absolute Gasteiger partial charge is 0.460 e. The van der Waals surface area contributed by atoms with Crippen molar-refractivity contribution in [2.45, 2.75) is 38.0 Å². The second-order valence-corrected chi connectivity index (χ2v) is 5.24. The zero-order chi connectivity index (χ0) is 11.9. The molecule has 0 saturated heterocycles. The minimum absolute atomic E-state index is 0.100. The molecule has 3 rings (SSSR count). The molecule has 0 radical (unpaired) electrons. The van der Waals surface area contributed by atoms with Gasteiger partial charge in [-0.2, -0.15) is 0 Å². The average molecular weight is 229 g/mol. The minimum Gasteiger partial charge on any atom is -0.460 e. The summed E-state index contributed by atoms with van der Waals surface area (Å²) in [6.07, 6.45) is 4.88. The summed E-state index contributed by atoms with van der Waals surface area (Å²) >= 11 is 0. The molecular weight excluding hydrogens is 210 g/mol. The van der Waals surface area contributed by atoms with Crippen molar-refractivity contribution < 1.29 is 4.42 Å². The van der Waals surface area contributed by atoms with Crippen LogP contribution in [0.15, 0.2) is 28.7 Å². The Morgan fingerprint density at radius 2 is 1.94 bits per heavy atom. The summed E-state index contributed by atoms with van der Waals surface area (Å²) in [5, 5.41) is 1.24. The van der Waals surface area contributed by atoms with Crippen LogP contribution in [-0.2, 0) is 5.41 Å². The van der Waals surface area contributed by atoms with Gasteiger partial charge in [0.05, 0.1) is 0 Å². The van der Waals surface area contributed by atoms with E-state index in [-0.39, 0.29) is 5.41 Å². The van der Waals surface area contributed by atoms with Crippen molar-refractivity contribution in [1.82, 2.24) is 0 Å². The first-order chi connectivity index (χ1) is 8.27. The molecule has 2 N–H and O–H groups in total. The summed E-state index contributed by atoms with van der Waals surface area (Å²) in [5.41, 5.74) is 8.42. The number of para-hydroxylation sites is 1.